The van der Waals surface area contributed by atoms with E-state index in [4.69, 9.17) is 11.0 Å². The van der Waals surface area contributed by atoms with Crippen LogP contribution in [-0.2, 0) is 10.0 Å². The second kappa shape index (κ2) is 6.59. The highest BCUT2D eigenvalue weighted by Gasteiger charge is 2.25. The predicted octanol–water partition coefficient (Wildman–Crippen LogP) is 1.53. The van der Waals surface area contributed by atoms with Crippen molar-refractivity contribution in [1.29, 1.82) is 5.26 Å². The number of nitrogens with two attached hydrogens (primary N) is 1. The van der Waals surface area contributed by atoms with Gasteiger partial charge in [-0.25, -0.2) is 8.42 Å². The van der Waals surface area contributed by atoms with Gasteiger partial charge in [0.15, 0.2) is 0 Å². The van der Waals surface area contributed by atoms with Gasteiger partial charge in [-0.3, -0.25) is 0 Å². The Hall–Kier alpha value is -1.78. The first kappa shape index (κ1) is 16.3. The molecule has 0 aliphatic rings. The molecule has 0 fully saturated rings. The van der Waals surface area contributed by atoms with E-state index in [2.05, 4.69) is 0 Å². The van der Waals surface area contributed by atoms with Gasteiger partial charge in [0.05, 0.1) is 16.7 Å². The maximum absolute atomic E-state index is 12.5. The Balaban J connectivity index is 3.14. The monoisotopic (exact) mass is 297 g/mol. The first-order valence-corrected chi connectivity index (χ1v) is 7.68. The molecule has 1 rings (SSSR count). The molecule has 0 aliphatic carbocycles. The molecule has 0 spiro atoms. The lowest BCUT2D eigenvalue weighted by molar-refractivity contribution is 0.373. The molecule has 0 saturated heterocycles. The van der Waals surface area contributed by atoms with Gasteiger partial charge in [-0.2, -0.15) is 9.57 Å². The minimum Gasteiger partial charge on any atom is -0.506 e. The second-order valence-electron chi connectivity index (χ2n) is 4.89. The van der Waals surface area contributed by atoms with E-state index in [-0.39, 0.29) is 35.2 Å². The highest BCUT2D eigenvalue weighted by molar-refractivity contribution is 7.89. The summed E-state index contributed by atoms with van der Waals surface area (Å²) in [6.45, 7) is 4.27. The van der Waals surface area contributed by atoms with Crippen molar-refractivity contribution in [3.63, 3.8) is 0 Å². The van der Waals surface area contributed by atoms with E-state index >= 15 is 0 Å². The lowest BCUT2D eigenvalue weighted by Crippen LogP contribution is -2.35. The Morgan fingerprint density at radius 3 is 2.60 bits per heavy atom. The van der Waals surface area contributed by atoms with Crippen molar-refractivity contribution in [1.82, 2.24) is 4.31 Å². The maximum atomic E-state index is 12.5. The van der Waals surface area contributed by atoms with Crippen molar-refractivity contribution < 1.29 is 13.5 Å². The van der Waals surface area contributed by atoms with Crippen LogP contribution in [0.2, 0.25) is 0 Å². The van der Waals surface area contributed by atoms with E-state index in [1.807, 2.05) is 19.9 Å². The largest absolute Gasteiger partial charge is 0.506 e. The van der Waals surface area contributed by atoms with E-state index in [9.17, 15) is 13.5 Å². The van der Waals surface area contributed by atoms with Crippen LogP contribution in [0.1, 0.15) is 20.3 Å². The minimum atomic E-state index is -3.72. The van der Waals surface area contributed by atoms with Gasteiger partial charge in [-0.1, -0.05) is 13.8 Å². The molecule has 0 radical (unpaired) electrons. The lowest BCUT2D eigenvalue weighted by Gasteiger charge is -2.23. The van der Waals surface area contributed by atoms with Gasteiger partial charge in [0, 0.05) is 19.5 Å². The molecule has 6 nitrogen and oxygen atoms in total. The number of rotatable bonds is 6. The van der Waals surface area contributed by atoms with Crippen LogP contribution in [-0.4, -0.2) is 30.9 Å². The molecule has 0 bridgehead atoms. The topological polar surface area (TPSA) is 107 Å². The van der Waals surface area contributed by atoms with Crippen LogP contribution in [0, 0.1) is 17.2 Å². The van der Waals surface area contributed by atoms with Crippen LogP contribution in [0.15, 0.2) is 23.1 Å². The van der Waals surface area contributed by atoms with Crippen LogP contribution in [0.4, 0.5) is 5.69 Å². The third-order valence-electron chi connectivity index (χ3n) is 2.68. The lowest BCUT2D eigenvalue weighted by atomic mass is 10.2. The van der Waals surface area contributed by atoms with Crippen molar-refractivity contribution in [2.45, 2.75) is 25.2 Å². The molecular formula is C13H19N3O3S. The third kappa shape index (κ3) is 3.85. The standard InChI is InChI=1S/C13H19N3O3S/c1-10(2)9-16(7-3-6-14)20(18,19)11-4-5-13(17)12(15)8-11/h4-5,8,10,17H,3,7,9,15H2,1-2H3. The minimum absolute atomic E-state index is 0.0101. The van der Waals surface area contributed by atoms with Crippen molar-refractivity contribution in [2.24, 2.45) is 5.92 Å². The van der Waals surface area contributed by atoms with Gasteiger partial charge >= 0.3 is 0 Å². The Bertz CT molecular complexity index is 606. The summed E-state index contributed by atoms with van der Waals surface area (Å²) in [6.07, 6.45) is 0.125. The number of phenolic OH excluding ortho intramolecular Hbond substituents is 1. The highest BCUT2D eigenvalue weighted by atomic mass is 32.2. The number of phenols is 1. The fourth-order valence-corrected chi connectivity index (χ4v) is 3.37. The summed E-state index contributed by atoms with van der Waals surface area (Å²) in [7, 11) is -3.72. The Morgan fingerprint density at radius 2 is 2.10 bits per heavy atom. The SMILES string of the molecule is CC(C)CN(CCC#N)S(=O)(=O)c1ccc(O)c(N)c1. The molecule has 0 saturated carbocycles. The number of benzene rings is 1. The van der Waals surface area contributed by atoms with Gasteiger partial charge in [0.1, 0.15) is 5.75 Å². The molecule has 3 N–H and O–H groups in total. The number of aromatic hydroxyl groups is 1. The summed E-state index contributed by atoms with van der Waals surface area (Å²) in [4.78, 5) is 0.0198. The smallest absolute Gasteiger partial charge is 0.243 e. The van der Waals surface area contributed by atoms with E-state index in [0.29, 0.717) is 6.54 Å². The van der Waals surface area contributed by atoms with Gasteiger partial charge in [0.25, 0.3) is 0 Å². The fourth-order valence-electron chi connectivity index (χ4n) is 1.73. The maximum Gasteiger partial charge on any atom is 0.243 e. The van der Waals surface area contributed by atoms with Crippen LogP contribution in [0.25, 0.3) is 0 Å². The summed E-state index contributed by atoms with van der Waals surface area (Å²) in [5, 5.41) is 18.0. The molecule has 0 aromatic heterocycles. The molecule has 0 heterocycles. The first-order chi connectivity index (χ1) is 9.28. The molecule has 0 unspecified atom stereocenters. The fraction of sp³-hybridized carbons (Fsp3) is 0.462. The van der Waals surface area contributed by atoms with E-state index in [0.717, 1.165) is 0 Å². The van der Waals surface area contributed by atoms with Crippen LogP contribution >= 0.6 is 0 Å². The van der Waals surface area contributed by atoms with Crippen molar-refractivity contribution in [2.75, 3.05) is 18.8 Å². The molecule has 20 heavy (non-hydrogen) atoms. The van der Waals surface area contributed by atoms with Gasteiger partial charge in [0.2, 0.25) is 10.0 Å². The number of nitrogens with zero attached hydrogens (tertiary/aromatic N) is 2. The molecular weight excluding hydrogens is 278 g/mol. The normalized spacial score (nSPS) is 11.8. The van der Waals surface area contributed by atoms with Crippen LogP contribution in [0.5, 0.6) is 5.75 Å². The Morgan fingerprint density at radius 1 is 1.45 bits per heavy atom. The quantitative estimate of drug-likeness (QED) is 0.611. The first-order valence-electron chi connectivity index (χ1n) is 6.24. The number of sulfonamides is 1. The zero-order chi connectivity index (χ0) is 15.3. The molecule has 0 atom stereocenters. The molecule has 1 aromatic rings. The predicted molar refractivity (Wildman–Crippen MR) is 76.3 cm³/mol. The molecule has 110 valence electrons. The van der Waals surface area contributed by atoms with Gasteiger partial charge < -0.3 is 10.8 Å². The van der Waals surface area contributed by atoms with Gasteiger partial charge in [-0.05, 0) is 24.1 Å². The number of anilines is 1. The molecule has 7 heteroatoms. The summed E-state index contributed by atoms with van der Waals surface area (Å²) in [5.74, 6) is -0.0192. The number of hydrogen-bond donors (Lipinski definition) is 2. The molecule has 0 amide bonds. The second-order valence-corrected chi connectivity index (χ2v) is 6.82. The third-order valence-corrected chi connectivity index (χ3v) is 4.54. The number of hydrogen-bond acceptors (Lipinski definition) is 5. The summed E-state index contributed by atoms with van der Waals surface area (Å²) < 4.78 is 26.3. The van der Waals surface area contributed by atoms with Crippen molar-refractivity contribution in [3.8, 4) is 11.8 Å². The Kier molecular flexibility index (Phi) is 5.36. The average molecular weight is 297 g/mol. The van der Waals surface area contributed by atoms with E-state index in [1.54, 1.807) is 0 Å². The highest BCUT2D eigenvalue weighted by Crippen LogP contribution is 2.25. The Labute approximate surface area is 119 Å². The van der Waals surface area contributed by atoms with E-state index < -0.39 is 10.0 Å². The number of nitriles is 1. The zero-order valence-corrected chi connectivity index (χ0v) is 12.4. The van der Waals surface area contributed by atoms with Crippen molar-refractivity contribution in [3.05, 3.63) is 18.2 Å². The average Bonchev–Trinajstić information content (AvgIpc) is 2.37. The molecule has 1 aromatic carbocycles. The number of nitrogen functional groups attached to an aromatic ring is 1. The summed E-state index contributed by atoms with van der Waals surface area (Å²) in [6, 6.07) is 5.73. The summed E-state index contributed by atoms with van der Waals surface area (Å²) >= 11 is 0. The van der Waals surface area contributed by atoms with E-state index in [1.165, 1.54) is 22.5 Å². The summed E-state index contributed by atoms with van der Waals surface area (Å²) in [5.41, 5.74) is 5.54. The van der Waals surface area contributed by atoms with Gasteiger partial charge in [-0.15, -0.1) is 0 Å². The van der Waals surface area contributed by atoms with Crippen LogP contribution < -0.4 is 5.73 Å². The zero-order valence-electron chi connectivity index (χ0n) is 11.6. The molecule has 0 aliphatic heterocycles. The van der Waals surface area contributed by atoms with Crippen LogP contribution in [0.3, 0.4) is 0 Å². The van der Waals surface area contributed by atoms with Crippen molar-refractivity contribution >= 4 is 15.7 Å².